The SMILES string of the molecule is CC(=O)c1cn(CC(=O)N(CC(=O)NCc2cccc(Cl)c2F)C2CC2)c2ccc(CC(=O)c3cccc(C)c3)cc12.CC(=O)c1cn(CC(=O)N(CC(=O)NCc2cccc(Cl)c2F)C2CC2)c2ccc(CC(=O)c3cccc(N)c3)cc12.CC(=O)c1cn(CC(=O)N(CC(=O)NCc2cccc(Cl)c2F)C2CC2)c2ccc(N)cc12.Cc1cccc(C(=O)O)c1.O=C(O)C(F)(F)F. The van der Waals surface area contributed by atoms with Crippen LogP contribution in [0.2, 0.25) is 15.1 Å². The van der Waals surface area contributed by atoms with E-state index in [-0.39, 0.29) is 174 Å². The Kier molecular flexibility index (Phi) is 33.5. The van der Waals surface area contributed by atoms with E-state index in [1.54, 1.807) is 152 Å². The number of aromatic nitrogens is 3. The summed E-state index contributed by atoms with van der Waals surface area (Å²) in [7, 11) is 0. The smallest absolute Gasteiger partial charge is 0.478 e. The summed E-state index contributed by atoms with van der Waals surface area (Å²) in [6, 6.07) is 50.8. The fraction of sp³-hybridized carbons (Fsp3) is 0.263. The Bertz CT molecular complexity index is 6310. The molecule has 26 nitrogen and oxygen atoms in total. The van der Waals surface area contributed by atoms with Crippen LogP contribution in [0, 0.1) is 31.3 Å². The number of nitrogens with two attached hydrogens (primary N) is 2. The predicted octanol–water partition coefficient (Wildman–Crippen LogP) is 16.5. The van der Waals surface area contributed by atoms with Crippen LogP contribution >= 0.6 is 34.8 Å². The van der Waals surface area contributed by atoms with Gasteiger partial charge in [0.15, 0.2) is 28.9 Å². The maximum absolute atomic E-state index is 14.2. The maximum atomic E-state index is 14.2. The van der Waals surface area contributed by atoms with E-state index in [2.05, 4.69) is 16.0 Å². The van der Waals surface area contributed by atoms with E-state index >= 15 is 0 Å². The number of hydrogen-bond acceptors (Lipinski definition) is 15. The number of nitrogens with zero attached hydrogens (tertiary/aromatic N) is 6. The zero-order valence-electron chi connectivity index (χ0n) is 73.2. The quantitative estimate of drug-likeness (QED) is 0.0121. The van der Waals surface area contributed by atoms with E-state index in [0.717, 1.165) is 66.3 Å². The van der Waals surface area contributed by atoms with Crippen molar-refractivity contribution in [2.75, 3.05) is 31.1 Å². The topological polar surface area (TPSA) is 375 Å². The van der Waals surface area contributed by atoms with Crippen molar-refractivity contribution in [2.45, 2.75) is 150 Å². The molecule has 6 amide bonds. The Labute approximate surface area is 780 Å². The number of halogens is 9. The van der Waals surface area contributed by atoms with Crippen LogP contribution in [0.5, 0.6) is 0 Å². The van der Waals surface area contributed by atoms with Crippen LogP contribution in [0.25, 0.3) is 32.7 Å². The molecule has 0 radical (unpaired) electrons. The van der Waals surface area contributed by atoms with Crippen molar-refractivity contribution in [1.29, 1.82) is 0 Å². The first kappa shape index (κ1) is 100. The summed E-state index contributed by atoms with van der Waals surface area (Å²) in [5, 5.41) is 25.6. The zero-order chi connectivity index (χ0) is 97.3. The number of hydrogen-bond donors (Lipinski definition) is 7. The first-order valence-electron chi connectivity index (χ1n) is 42.3. The number of carboxylic acid groups (broad SMARTS) is 2. The van der Waals surface area contributed by atoms with Gasteiger partial charge >= 0.3 is 18.1 Å². The average Bonchev–Trinajstić information content (AvgIpc) is 1.63. The molecule has 3 aliphatic carbocycles. The minimum Gasteiger partial charge on any atom is -0.478 e. The van der Waals surface area contributed by atoms with Gasteiger partial charge in [-0.1, -0.05) is 137 Å². The molecular formula is C99H94Cl3F6N11O15. The van der Waals surface area contributed by atoms with Gasteiger partial charge in [0.25, 0.3) is 0 Å². The number of nitrogen functional groups attached to an aromatic ring is 2. The third-order valence-electron chi connectivity index (χ3n) is 22.0. The number of aliphatic carboxylic acids is 1. The van der Waals surface area contributed by atoms with Gasteiger partial charge in [0.1, 0.15) is 37.1 Å². The molecule has 0 spiro atoms. The van der Waals surface area contributed by atoms with Crippen LogP contribution in [0.3, 0.4) is 0 Å². The molecule has 0 aliphatic heterocycles. The average molecular weight is 1900 g/mol. The number of carbonyl (C=O) groups is 13. The lowest BCUT2D eigenvalue weighted by Crippen LogP contribution is -2.43. The van der Waals surface area contributed by atoms with Crippen molar-refractivity contribution in [3.63, 3.8) is 0 Å². The van der Waals surface area contributed by atoms with Gasteiger partial charge in [-0.25, -0.2) is 22.8 Å². The fourth-order valence-corrected chi connectivity index (χ4v) is 15.3. The summed E-state index contributed by atoms with van der Waals surface area (Å²) in [6.07, 6.45) is 5.00. The molecule has 35 heteroatoms. The number of rotatable bonds is 31. The van der Waals surface area contributed by atoms with Crippen molar-refractivity contribution in [1.82, 2.24) is 44.4 Å². The number of anilines is 2. The van der Waals surface area contributed by atoms with Crippen LogP contribution in [0.1, 0.15) is 160 Å². The fourth-order valence-electron chi connectivity index (χ4n) is 14.7. The lowest BCUT2D eigenvalue weighted by Gasteiger charge is -2.22. The van der Waals surface area contributed by atoms with Gasteiger partial charge < -0.3 is 66.0 Å². The van der Waals surface area contributed by atoms with Crippen molar-refractivity contribution >= 4 is 155 Å². The van der Waals surface area contributed by atoms with E-state index in [4.69, 9.17) is 61.3 Å². The van der Waals surface area contributed by atoms with Crippen LogP contribution in [0.15, 0.2) is 201 Å². The Morgan fingerprint density at radius 3 is 1.01 bits per heavy atom. The first-order chi connectivity index (χ1) is 63.6. The zero-order valence-corrected chi connectivity index (χ0v) is 75.5. The second-order valence-electron chi connectivity index (χ2n) is 32.6. The lowest BCUT2D eigenvalue weighted by atomic mass is 9.99. The highest BCUT2D eigenvalue weighted by Crippen LogP contribution is 2.34. The molecule has 0 bridgehead atoms. The summed E-state index contributed by atoms with van der Waals surface area (Å²) in [5.74, 6) is -7.90. The van der Waals surface area contributed by atoms with Gasteiger partial charge in [-0.2, -0.15) is 13.2 Å². The summed E-state index contributed by atoms with van der Waals surface area (Å²) in [5.41, 5.74) is 21.9. The highest BCUT2D eigenvalue weighted by Gasteiger charge is 2.40. The Morgan fingerprint density at radius 1 is 0.403 bits per heavy atom. The van der Waals surface area contributed by atoms with Crippen LogP contribution < -0.4 is 27.4 Å². The number of Topliss-reactive ketones (excluding diaryl/α,β-unsaturated/α-hetero) is 5. The molecule has 0 atom stereocenters. The molecule has 12 aromatic rings. The van der Waals surface area contributed by atoms with Gasteiger partial charge in [0.05, 0.1) is 40.3 Å². The summed E-state index contributed by atoms with van der Waals surface area (Å²) in [4.78, 5) is 165. The third kappa shape index (κ3) is 27.2. The second-order valence-corrected chi connectivity index (χ2v) is 33.8. The molecule has 698 valence electrons. The Morgan fingerprint density at radius 2 is 0.701 bits per heavy atom. The van der Waals surface area contributed by atoms with E-state index < -0.39 is 47.4 Å². The molecule has 3 saturated carbocycles. The minimum atomic E-state index is -5.08. The molecule has 0 unspecified atom stereocenters. The highest BCUT2D eigenvalue weighted by atomic mass is 35.5. The minimum absolute atomic E-state index is 0.00379. The number of ketones is 5. The van der Waals surface area contributed by atoms with Crippen LogP contribution in [-0.2, 0) is 85.7 Å². The number of aromatic carboxylic acids is 1. The van der Waals surface area contributed by atoms with Gasteiger partial charge in [0.2, 0.25) is 35.4 Å². The van der Waals surface area contributed by atoms with Crippen molar-refractivity contribution in [3.8, 4) is 0 Å². The van der Waals surface area contributed by atoms with Crippen molar-refractivity contribution in [2.24, 2.45) is 0 Å². The monoisotopic (exact) mass is 1900 g/mol. The molecule has 9 aromatic carbocycles. The van der Waals surface area contributed by atoms with Gasteiger partial charge in [-0.05, 0) is 175 Å². The van der Waals surface area contributed by atoms with E-state index in [1.165, 1.54) is 54.8 Å². The number of carbonyl (C=O) groups excluding carboxylic acids is 11. The molecule has 3 aliphatic rings. The highest BCUT2D eigenvalue weighted by molar-refractivity contribution is 6.31. The number of aryl methyl sites for hydroxylation is 2. The summed E-state index contributed by atoms with van der Waals surface area (Å²) in [6.45, 7) is 7.48. The van der Waals surface area contributed by atoms with Gasteiger partial charge in [0, 0.05) is 158 Å². The maximum Gasteiger partial charge on any atom is 0.490 e. The number of nitrogens with one attached hydrogen (secondary N) is 3. The summed E-state index contributed by atoms with van der Waals surface area (Å²) < 4.78 is 79.3. The molecule has 15 rings (SSSR count). The number of carboxylic acids is 2. The lowest BCUT2D eigenvalue weighted by molar-refractivity contribution is -0.192. The second kappa shape index (κ2) is 44.8. The van der Waals surface area contributed by atoms with Crippen LogP contribution in [-0.4, -0.2) is 159 Å². The summed E-state index contributed by atoms with van der Waals surface area (Å²) >= 11 is 17.4. The van der Waals surface area contributed by atoms with Gasteiger partial charge in [-0.3, -0.25) is 52.7 Å². The molecule has 134 heavy (non-hydrogen) atoms. The van der Waals surface area contributed by atoms with Crippen LogP contribution in [0.4, 0.5) is 37.7 Å². The standard InChI is InChI=1S/C33H31ClFN3O4.C32H30ClFN4O4.C24H24ClFN4O3.C8H8O2.C2HF3O2/c1-20-5-3-6-23(13-20)30(40)15-22-9-12-29-26(14-22)27(21(2)39)17-37(29)19-32(42)38(25-10-11-25)18-31(41)36-16-24-7-4-8-28(34)33(24)35;1-19(39)26-16-37(28-11-8-20(12-25(26)28)13-29(40)21-4-2-6-23(35)14-21)18-31(42)38(24-9-10-24)17-30(41)36-15-22-5-3-7-27(33)32(22)34;1-14(31)19-11-29(21-8-5-16(27)9-18(19)21)13-23(33)30(17-6-7-17)12-22(32)28-10-15-3-2-4-20(25)24(15)26;1-6-3-2-4-7(5-6)8(9)10;3-2(4,5)1(6)7/h3-9,12-14,17,25H,10-11,15-16,18-19H2,1-2H3,(H,36,41);2-8,11-12,14,16,24H,9-10,13,15,17-18,35H2,1H3,(H,36,41);2-5,8-9,11,17H,6-7,10,12-13,27H2,1H3,(H,28,32);2-5H,1H3,(H,9,10);(H,6,7). The molecule has 9 N–H and O–H groups in total. The predicted molar refractivity (Wildman–Crippen MR) is 494 cm³/mol. The Hall–Kier alpha value is -14.2. The largest absolute Gasteiger partial charge is 0.490 e. The Balaban J connectivity index is 0.000000178. The van der Waals surface area contributed by atoms with E-state index in [9.17, 15) is 83.9 Å². The molecule has 0 saturated heterocycles. The number of alkyl halides is 3. The molecular weight excluding hydrogens is 1800 g/mol. The first-order valence-corrected chi connectivity index (χ1v) is 43.4. The molecule has 3 fully saturated rings. The molecule has 3 heterocycles. The number of amides is 6. The number of benzene rings is 9. The van der Waals surface area contributed by atoms with Gasteiger partial charge in [-0.15, -0.1) is 0 Å². The van der Waals surface area contributed by atoms with E-state index in [1.807, 2.05) is 56.3 Å². The van der Waals surface area contributed by atoms with Crippen molar-refractivity contribution in [3.05, 3.63) is 305 Å². The third-order valence-corrected chi connectivity index (χ3v) is 22.9. The van der Waals surface area contributed by atoms with E-state index in [0.29, 0.717) is 71.9 Å². The number of fused-ring (bicyclic) bond motifs is 3. The molecule has 3 aromatic heterocycles. The normalized spacial score (nSPS) is 12.5. The van der Waals surface area contributed by atoms with Crippen molar-refractivity contribution < 1.29 is 98.9 Å².